The minimum absolute atomic E-state index is 0.0182. The maximum atomic E-state index is 12.9. The number of amides is 1. The molecule has 3 rings (SSSR count). The molecule has 0 aliphatic carbocycles. The van der Waals surface area contributed by atoms with Crippen molar-refractivity contribution < 1.29 is 9.90 Å². The van der Waals surface area contributed by atoms with Crippen LogP contribution < -0.4 is 0 Å². The highest BCUT2D eigenvalue weighted by molar-refractivity contribution is 5.93. The molecule has 1 amide bonds. The largest absolute Gasteiger partial charge is 0.396 e. The maximum Gasteiger partial charge on any atom is 0.272 e. The molecule has 1 atom stereocenters. The molecule has 5 heteroatoms. The lowest BCUT2D eigenvalue weighted by Gasteiger charge is -2.28. The number of hydrogen-bond acceptors (Lipinski definition) is 3. The molecule has 23 heavy (non-hydrogen) atoms. The van der Waals surface area contributed by atoms with Gasteiger partial charge in [-0.3, -0.25) is 9.20 Å². The molecule has 0 radical (unpaired) electrons. The normalized spacial score (nSPS) is 12.3. The van der Waals surface area contributed by atoms with E-state index in [9.17, 15) is 9.90 Å². The summed E-state index contributed by atoms with van der Waals surface area (Å²) in [5, 5.41) is 9.38. The number of nitrogens with zero attached hydrogens (tertiary/aromatic N) is 3. The number of carbonyl (C=O) groups excluding carboxylic acids is 1. The Labute approximate surface area is 134 Å². The smallest absolute Gasteiger partial charge is 0.272 e. The van der Waals surface area contributed by atoms with Crippen molar-refractivity contribution in [3.63, 3.8) is 0 Å². The van der Waals surface area contributed by atoms with Gasteiger partial charge >= 0.3 is 0 Å². The second-order valence-electron chi connectivity index (χ2n) is 5.43. The van der Waals surface area contributed by atoms with Gasteiger partial charge in [0.1, 0.15) is 11.3 Å². The predicted octanol–water partition coefficient (Wildman–Crippen LogP) is 2.53. The highest BCUT2D eigenvalue weighted by atomic mass is 16.3. The molecule has 2 heterocycles. The van der Waals surface area contributed by atoms with Crippen LogP contribution in [0.1, 0.15) is 28.5 Å². The van der Waals surface area contributed by atoms with Crippen molar-refractivity contribution in [2.45, 2.75) is 12.5 Å². The van der Waals surface area contributed by atoms with E-state index in [1.54, 1.807) is 22.5 Å². The first kappa shape index (κ1) is 15.2. The first-order valence-corrected chi connectivity index (χ1v) is 7.57. The molecule has 0 spiro atoms. The number of imidazole rings is 1. The van der Waals surface area contributed by atoms with E-state index in [2.05, 4.69) is 4.98 Å². The van der Waals surface area contributed by atoms with E-state index in [4.69, 9.17) is 0 Å². The van der Waals surface area contributed by atoms with Gasteiger partial charge in [-0.25, -0.2) is 4.98 Å². The number of aliphatic hydroxyl groups is 1. The van der Waals surface area contributed by atoms with Crippen LogP contribution in [0.15, 0.2) is 60.9 Å². The van der Waals surface area contributed by atoms with Gasteiger partial charge in [0.05, 0.1) is 12.2 Å². The third-order valence-electron chi connectivity index (χ3n) is 4.01. The lowest BCUT2D eigenvalue weighted by Crippen LogP contribution is -2.32. The first-order chi connectivity index (χ1) is 11.2. The second kappa shape index (κ2) is 6.62. The van der Waals surface area contributed by atoms with Crippen molar-refractivity contribution in [3.05, 3.63) is 72.2 Å². The molecule has 0 bridgehead atoms. The molecule has 0 saturated heterocycles. The summed E-state index contributed by atoms with van der Waals surface area (Å²) in [6.07, 6.45) is 3.91. The number of aliphatic hydroxyl groups excluding tert-OH is 1. The summed E-state index contributed by atoms with van der Waals surface area (Å²) in [7, 11) is 1.76. The van der Waals surface area contributed by atoms with Crippen molar-refractivity contribution in [2.24, 2.45) is 0 Å². The van der Waals surface area contributed by atoms with E-state index >= 15 is 0 Å². The topological polar surface area (TPSA) is 57.8 Å². The van der Waals surface area contributed by atoms with Crippen molar-refractivity contribution in [1.82, 2.24) is 14.3 Å². The Bertz CT molecular complexity index is 798. The molecule has 0 fully saturated rings. The van der Waals surface area contributed by atoms with Crippen LogP contribution in [0.2, 0.25) is 0 Å². The van der Waals surface area contributed by atoms with Gasteiger partial charge in [0.15, 0.2) is 0 Å². The molecule has 1 aromatic carbocycles. The second-order valence-corrected chi connectivity index (χ2v) is 5.43. The molecule has 2 aromatic heterocycles. The van der Waals surface area contributed by atoms with Crippen LogP contribution in [0.5, 0.6) is 0 Å². The third-order valence-corrected chi connectivity index (χ3v) is 4.01. The Balaban J connectivity index is 1.93. The minimum Gasteiger partial charge on any atom is -0.396 e. The summed E-state index contributed by atoms with van der Waals surface area (Å²) in [5.41, 5.74) is 2.26. The molecule has 5 nitrogen and oxygen atoms in total. The maximum absolute atomic E-state index is 12.9. The lowest BCUT2D eigenvalue weighted by molar-refractivity contribution is 0.0698. The molecule has 0 aliphatic rings. The quantitative estimate of drug-likeness (QED) is 0.788. The number of pyridine rings is 1. The van der Waals surface area contributed by atoms with E-state index < -0.39 is 0 Å². The molecule has 0 aliphatic heterocycles. The first-order valence-electron chi connectivity index (χ1n) is 7.57. The van der Waals surface area contributed by atoms with E-state index in [1.165, 1.54) is 0 Å². The van der Waals surface area contributed by atoms with E-state index in [0.29, 0.717) is 12.1 Å². The van der Waals surface area contributed by atoms with E-state index in [-0.39, 0.29) is 18.6 Å². The standard InChI is InChI=1S/C18H19N3O2/c1-20(15(10-12-22)14-7-3-2-4-8-14)18(23)16-13-19-17-9-5-6-11-21(16)17/h2-9,11,13,15,22H,10,12H2,1H3. The summed E-state index contributed by atoms with van der Waals surface area (Å²) in [6.45, 7) is 0.0182. The Kier molecular flexibility index (Phi) is 4.39. The zero-order chi connectivity index (χ0) is 16.2. The fraction of sp³-hybridized carbons (Fsp3) is 0.222. The Morgan fingerprint density at radius 1 is 1.22 bits per heavy atom. The zero-order valence-electron chi connectivity index (χ0n) is 13.0. The van der Waals surface area contributed by atoms with Crippen LogP contribution >= 0.6 is 0 Å². The van der Waals surface area contributed by atoms with Crippen molar-refractivity contribution in [1.29, 1.82) is 0 Å². The van der Waals surface area contributed by atoms with E-state index in [0.717, 1.165) is 11.2 Å². The van der Waals surface area contributed by atoms with Gasteiger partial charge in [-0.15, -0.1) is 0 Å². The Morgan fingerprint density at radius 3 is 2.70 bits per heavy atom. The number of fused-ring (bicyclic) bond motifs is 1. The third kappa shape index (κ3) is 2.96. The van der Waals surface area contributed by atoms with Crippen LogP contribution in [-0.4, -0.2) is 39.0 Å². The van der Waals surface area contributed by atoms with Crippen LogP contribution in [0, 0.1) is 0 Å². The van der Waals surface area contributed by atoms with Crippen LogP contribution in [-0.2, 0) is 0 Å². The summed E-state index contributed by atoms with van der Waals surface area (Å²) in [5.74, 6) is -0.119. The minimum atomic E-state index is -0.178. The van der Waals surface area contributed by atoms with Crippen LogP contribution in [0.25, 0.3) is 5.65 Å². The average molecular weight is 309 g/mol. The van der Waals surface area contributed by atoms with Crippen molar-refractivity contribution >= 4 is 11.6 Å². The van der Waals surface area contributed by atoms with Gasteiger partial charge in [0.25, 0.3) is 5.91 Å². The number of aromatic nitrogens is 2. The Hall–Kier alpha value is -2.66. The highest BCUT2D eigenvalue weighted by Crippen LogP contribution is 2.24. The van der Waals surface area contributed by atoms with Gasteiger partial charge in [-0.05, 0) is 24.1 Å². The molecule has 1 N–H and O–H groups in total. The summed E-state index contributed by atoms with van der Waals surface area (Å²) >= 11 is 0. The summed E-state index contributed by atoms with van der Waals surface area (Å²) < 4.78 is 1.78. The fourth-order valence-electron chi connectivity index (χ4n) is 2.79. The van der Waals surface area contributed by atoms with Crippen LogP contribution in [0.3, 0.4) is 0 Å². The van der Waals surface area contributed by atoms with Gasteiger partial charge < -0.3 is 10.0 Å². The molecule has 118 valence electrons. The summed E-state index contributed by atoms with van der Waals surface area (Å²) in [6, 6.07) is 15.2. The number of hydrogen-bond donors (Lipinski definition) is 1. The van der Waals surface area contributed by atoms with Gasteiger partial charge in [0, 0.05) is 19.9 Å². The van der Waals surface area contributed by atoms with Gasteiger partial charge in [0.2, 0.25) is 0 Å². The average Bonchev–Trinajstić information content (AvgIpc) is 3.03. The van der Waals surface area contributed by atoms with Gasteiger partial charge in [-0.1, -0.05) is 36.4 Å². The molecule has 3 aromatic rings. The van der Waals surface area contributed by atoms with E-state index in [1.807, 2.05) is 54.7 Å². The number of rotatable bonds is 5. The monoisotopic (exact) mass is 309 g/mol. The lowest BCUT2D eigenvalue weighted by atomic mass is 10.0. The molecular formula is C18H19N3O2. The fourth-order valence-corrected chi connectivity index (χ4v) is 2.79. The van der Waals surface area contributed by atoms with Crippen LogP contribution in [0.4, 0.5) is 0 Å². The molecule has 1 unspecified atom stereocenters. The highest BCUT2D eigenvalue weighted by Gasteiger charge is 2.24. The number of benzene rings is 1. The Morgan fingerprint density at radius 2 is 1.96 bits per heavy atom. The van der Waals surface area contributed by atoms with Crippen molar-refractivity contribution in [2.75, 3.05) is 13.7 Å². The van der Waals surface area contributed by atoms with Crippen molar-refractivity contribution in [3.8, 4) is 0 Å². The summed E-state index contributed by atoms with van der Waals surface area (Å²) in [4.78, 5) is 18.8. The van der Waals surface area contributed by atoms with Gasteiger partial charge in [-0.2, -0.15) is 0 Å². The molecule has 0 saturated carbocycles. The molecular weight excluding hydrogens is 290 g/mol. The number of carbonyl (C=O) groups is 1. The predicted molar refractivity (Wildman–Crippen MR) is 88.2 cm³/mol. The zero-order valence-corrected chi connectivity index (χ0v) is 13.0. The SMILES string of the molecule is CN(C(=O)c1cnc2ccccn12)C(CCO)c1ccccc1.